The Bertz CT molecular complexity index is 718. The maximum absolute atomic E-state index is 12.3. The van der Waals surface area contributed by atoms with Crippen LogP contribution in [0.5, 0.6) is 5.75 Å². The maximum atomic E-state index is 12.3. The van der Waals surface area contributed by atoms with Crippen molar-refractivity contribution < 1.29 is 14.8 Å². The zero-order valence-corrected chi connectivity index (χ0v) is 11.7. The molecule has 0 heterocycles. The molecule has 0 saturated carbocycles. The third-order valence-corrected chi connectivity index (χ3v) is 3.22. The van der Waals surface area contributed by atoms with Crippen molar-refractivity contribution in [1.82, 2.24) is 0 Å². The average molecular weight is 307 g/mol. The molecule has 7 heteroatoms. The van der Waals surface area contributed by atoms with Crippen LogP contribution in [0.25, 0.3) is 0 Å². The van der Waals surface area contributed by atoms with Crippen molar-refractivity contribution in [2.75, 3.05) is 11.9 Å². The van der Waals surface area contributed by atoms with E-state index >= 15 is 0 Å². The SMILES string of the molecule is CN(C(=O)c1ccc([N+](=O)[O-])c(Cl)c1)c1cccc(O)c1. The number of anilines is 1. The van der Waals surface area contributed by atoms with Crippen LogP contribution in [0.1, 0.15) is 10.4 Å². The molecule has 1 amide bonds. The number of hydrogen-bond acceptors (Lipinski definition) is 4. The van der Waals surface area contributed by atoms with Crippen molar-refractivity contribution in [1.29, 1.82) is 0 Å². The third kappa shape index (κ3) is 3.11. The van der Waals surface area contributed by atoms with E-state index in [-0.39, 0.29) is 22.0 Å². The lowest BCUT2D eigenvalue weighted by Gasteiger charge is -2.17. The van der Waals surface area contributed by atoms with Crippen LogP contribution in [-0.2, 0) is 0 Å². The van der Waals surface area contributed by atoms with E-state index in [2.05, 4.69) is 0 Å². The summed E-state index contributed by atoms with van der Waals surface area (Å²) in [7, 11) is 1.53. The molecule has 2 aromatic carbocycles. The molecule has 2 rings (SSSR count). The van der Waals surface area contributed by atoms with E-state index in [4.69, 9.17) is 11.6 Å². The Morgan fingerprint density at radius 3 is 2.57 bits per heavy atom. The van der Waals surface area contributed by atoms with Crippen molar-refractivity contribution in [3.63, 3.8) is 0 Å². The second kappa shape index (κ2) is 5.80. The molecule has 0 atom stereocenters. The molecular weight excluding hydrogens is 296 g/mol. The highest BCUT2D eigenvalue weighted by Gasteiger charge is 2.18. The molecular formula is C14H11ClN2O4. The highest BCUT2D eigenvalue weighted by Crippen LogP contribution is 2.27. The Morgan fingerprint density at radius 2 is 2.00 bits per heavy atom. The van der Waals surface area contributed by atoms with E-state index in [1.54, 1.807) is 12.1 Å². The third-order valence-electron chi connectivity index (χ3n) is 2.91. The average Bonchev–Trinajstić information content (AvgIpc) is 2.45. The van der Waals surface area contributed by atoms with Crippen LogP contribution in [0, 0.1) is 10.1 Å². The number of hydrogen-bond donors (Lipinski definition) is 1. The van der Waals surface area contributed by atoms with Crippen molar-refractivity contribution in [2.45, 2.75) is 0 Å². The minimum absolute atomic E-state index is 0.0360. The minimum Gasteiger partial charge on any atom is -0.508 e. The molecule has 0 aromatic heterocycles. The first kappa shape index (κ1) is 14.8. The van der Waals surface area contributed by atoms with E-state index < -0.39 is 10.8 Å². The lowest BCUT2D eigenvalue weighted by Crippen LogP contribution is -2.26. The number of rotatable bonds is 3. The number of phenols is 1. The number of nitro benzene ring substituents is 1. The quantitative estimate of drug-likeness (QED) is 0.697. The number of amides is 1. The molecule has 0 saturated heterocycles. The number of aromatic hydroxyl groups is 1. The van der Waals surface area contributed by atoms with Crippen molar-refractivity contribution in [3.8, 4) is 5.75 Å². The lowest BCUT2D eigenvalue weighted by molar-refractivity contribution is -0.384. The Hall–Kier alpha value is -2.60. The lowest BCUT2D eigenvalue weighted by atomic mass is 10.1. The van der Waals surface area contributed by atoms with Gasteiger partial charge in [-0.05, 0) is 24.3 Å². The standard InChI is InChI=1S/C14H11ClN2O4/c1-16(10-3-2-4-11(18)8-10)14(19)9-5-6-13(17(20)21)12(15)7-9/h2-8,18H,1H3. The van der Waals surface area contributed by atoms with E-state index in [0.717, 1.165) is 0 Å². The molecule has 1 N–H and O–H groups in total. The second-order valence-electron chi connectivity index (χ2n) is 4.31. The summed E-state index contributed by atoms with van der Waals surface area (Å²) in [5, 5.41) is 20.0. The monoisotopic (exact) mass is 306 g/mol. The van der Waals surface area contributed by atoms with Gasteiger partial charge in [-0.2, -0.15) is 0 Å². The summed E-state index contributed by atoms with van der Waals surface area (Å²) < 4.78 is 0. The number of benzene rings is 2. The normalized spacial score (nSPS) is 10.2. The van der Waals surface area contributed by atoms with Crippen LogP contribution >= 0.6 is 11.6 Å². The Morgan fingerprint density at radius 1 is 1.29 bits per heavy atom. The summed E-state index contributed by atoms with van der Waals surface area (Å²) in [5.41, 5.74) is 0.458. The van der Waals surface area contributed by atoms with Crippen LogP contribution in [0.3, 0.4) is 0 Å². The van der Waals surface area contributed by atoms with E-state index in [1.807, 2.05) is 0 Å². The van der Waals surface area contributed by atoms with Gasteiger partial charge in [0, 0.05) is 30.4 Å². The number of halogens is 1. The van der Waals surface area contributed by atoms with Crippen molar-refractivity contribution in [2.24, 2.45) is 0 Å². The number of nitrogens with zero attached hydrogens (tertiary/aromatic N) is 2. The topological polar surface area (TPSA) is 83.7 Å². The molecule has 0 radical (unpaired) electrons. The molecule has 0 aliphatic carbocycles. The zero-order valence-electron chi connectivity index (χ0n) is 11.0. The van der Waals surface area contributed by atoms with E-state index in [9.17, 15) is 20.0 Å². The summed E-state index contributed by atoms with van der Waals surface area (Å²) in [6, 6.07) is 9.97. The number of carbonyl (C=O) groups excluding carboxylic acids is 1. The maximum Gasteiger partial charge on any atom is 0.287 e. The van der Waals surface area contributed by atoms with E-state index in [0.29, 0.717) is 5.69 Å². The van der Waals surface area contributed by atoms with Gasteiger partial charge in [0.25, 0.3) is 11.6 Å². The fourth-order valence-electron chi connectivity index (χ4n) is 1.80. The molecule has 0 aliphatic rings. The first-order valence-corrected chi connectivity index (χ1v) is 6.29. The van der Waals surface area contributed by atoms with Crippen molar-refractivity contribution in [3.05, 3.63) is 63.2 Å². The molecule has 21 heavy (non-hydrogen) atoms. The van der Waals surface area contributed by atoms with Gasteiger partial charge in [0.2, 0.25) is 0 Å². The van der Waals surface area contributed by atoms with Gasteiger partial charge in [-0.15, -0.1) is 0 Å². The summed E-state index contributed by atoms with van der Waals surface area (Å²) in [4.78, 5) is 23.7. The van der Waals surface area contributed by atoms with Gasteiger partial charge >= 0.3 is 0 Å². The minimum atomic E-state index is -0.616. The molecule has 0 fully saturated rings. The Kier molecular flexibility index (Phi) is 4.09. The Labute approximate surface area is 125 Å². The second-order valence-corrected chi connectivity index (χ2v) is 4.71. The fraction of sp³-hybridized carbons (Fsp3) is 0.0714. The first-order chi connectivity index (χ1) is 9.90. The van der Waals surface area contributed by atoms with Gasteiger partial charge in [0.1, 0.15) is 10.8 Å². The van der Waals surface area contributed by atoms with Crippen molar-refractivity contribution >= 4 is 28.9 Å². The number of phenolic OH excluding ortho intramolecular Hbond substituents is 1. The van der Waals surface area contributed by atoms with Gasteiger partial charge in [0.05, 0.1) is 4.92 Å². The summed E-state index contributed by atoms with van der Waals surface area (Å²) >= 11 is 5.79. The molecule has 2 aromatic rings. The molecule has 0 bridgehead atoms. The smallest absolute Gasteiger partial charge is 0.287 e. The zero-order chi connectivity index (χ0) is 15.6. The summed E-state index contributed by atoms with van der Waals surface area (Å²) in [6.07, 6.45) is 0. The fourth-order valence-corrected chi connectivity index (χ4v) is 2.05. The molecule has 108 valence electrons. The largest absolute Gasteiger partial charge is 0.508 e. The highest BCUT2D eigenvalue weighted by molar-refractivity contribution is 6.33. The number of carbonyl (C=O) groups is 1. The van der Waals surface area contributed by atoms with E-state index in [1.165, 1.54) is 42.3 Å². The van der Waals surface area contributed by atoms with Gasteiger partial charge in [0.15, 0.2) is 0 Å². The van der Waals surface area contributed by atoms with Crippen LogP contribution in [0.4, 0.5) is 11.4 Å². The molecule has 0 unspecified atom stereocenters. The summed E-state index contributed by atoms with van der Waals surface area (Å²) in [6.45, 7) is 0. The predicted octanol–water partition coefficient (Wildman–Crippen LogP) is 3.23. The molecule has 0 aliphatic heterocycles. The summed E-state index contributed by atoms with van der Waals surface area (Å²) in [5.74, 6) is -0.355. The predicted molar refractivity (Wildman–Crippen MR) is 78.9 cm³/mol. The highest BCUT2D eigenvalue weighted by atomic mass is 35.5. The Balaban J connectivity index is 2.32. The number of nitro groups is 1. The van der Waals surface area contributed by atoms with Gasteiger partial charge in [-0.1, -0.05) is 17.7 Å². The molecule has 6 nitrogen and oxygen atoms in total. The van der Waals surface area contributed by atoms with Crippen LogP contribution in [0.2, 0.25) is 5.02 Å². The van der Waals surface area contributed by atoms with Crippen LogP contribution in [-0.4, -0.2) is 23.0 Å². The van der Waals surface area contributed by atoms with Crippen LogP contribution in [0.15, 0.2) is 42.5 Å². The van der Waals surface area contributed by atoms with Gasteiger partial charge < -0.3 is 10.0 Å². The van der Waals surface area contributed by atoms with Crippen LogP contribution < -0.4 is 4.90 Å². The molecule has 0 spiro atoms. The van der Waals surface area contributed by atoms with Gasteiger partial charge in [-0.25, -0.2) is 0 Å². The first-order valence-electron chi connectivity index (χ1n) is 5.91. The van der Waals surface area contributed by atoms with Gasteiger partial charge in [-0.3, -0.25) is 14.9 Å².